The fraction of sp³-hybridized carbons (Fsp3) is 0.737. The lowest BCUT2D eigenvalue weighted by molar-refractivity contribution is -0.154. The van der Waals surface area contributed by atoms with E-state index in [1.165, 1.54) is 0 Å². The zero-order chi connectivity index (χ0) is 19.9. The fourth-order valence-electron chi connectivity index (χ4n) is 4.82. The van der Waals surface area contributed by atoms with E-state index in [-0.39, 0.29) is 30.9 Å². The molecule has 2 amide bonds. The number of ether oxygens (including phenoxy) is 1. The minimum atomic E-state index is -2.86. The molecule has 4 aliphatic heterocycles. The van der Waals surface area contributed by atoms with Gasteiger partial charge in [0.2, 0.25) is 11.8 Å². The SMILES string of the molecule is O=C1OCC/C1=C/[C@H](C[C@@H]1CCNC1=O)NC(=O)[C@H]1N[C@H]2CC[C@@H]1C(F)(F)C2. The Morgan fingerprint density at radius 3 is 2.75 bits per heavy atom. The van der Waals surface area contributed by atoms with Gasteiger partial charge in [-0.3, -0.25) is 9.59 Å². The van der Waals surface area contributed by atoms with Crippen LogP contribution >= 0.6 is 0 Å². The van der Waals surface area contributed by atoms with Crippen LogP contribution in [0.15, 0.2) is 11.6 Å². The summed E-state index contributed by atoms with van der Waals surface area (Å²) in [4.78, 5) is 36.6. The summed E-state index contributed by atoms with van der Waals surface area (Å²) >= 11 is 0. The quantitative estimate of drug-likeness (QED) is 0.468. The lowest BCUT2D eigenvalue weighted by Gasteiger charge is -2.47. The molecule has 5 aliphatic rings. The van der Waals surface area contributed by atoms with Crippen LogP contribution in [0.25, 0.3) is 0 Å². The maximum absolute atomic E-state index is 14.3. The molecule has 7 nitrogen and oxygen atoms in total. The Bertz CT molecular complexity index is 711. The first-order valence-electron chi connectivity index (χ1n) is 9.93. The Balaban J connectivity index is 1.49. The van der Waals surface area contributed by atoms with E-state index in [0.29, 0.717) is 44.2 Å². The van der Waals surface area contributed by atoms with Crippen LogP contribution in [0.4, 0.5) is 8.78 Å². The molecule has 3 N–H and O–H groups in total. The van der Waals surface area contributed by atoms with Crippen molar-refractivity contribution in [2.75, 3.05) is 13.2 Å². The van der Waals surface area contributed by atoms with Gasteiger partial charge in [0.15, 0.2) is 0 Å². The number of carbonyl (C=O) groups excluding carboxylic acids is 3. The van der Waals surface area contributed by atoms with Gasteiger partial charge in [0, 0.05) is 48.9 Å². The van der Waals surface area contributed by atoms with Crippen molar-refractivity contribution in [1.29, 1.82) is 0 Å². The zero-order valence-electron chi connectivity index (χ0n) is 15.5. The first-order chi connectivity index (χ1) is 13.3. The first kappa shape index (κ1) is 19.3. The van der Waals surface area contributed by atoms with Crippen molar-refractivity contribution in [2.45, 2.75) is 62.6 Å². The Hall–Kier alpha value is -2.03. The molecule has 154 valence electrons. The number of hydrogen-bond acceptors (Lipinski definition) is 5. The third-order valence-corrected chi connectivity index (χ3v) is 6.29. The van der Waals surface area contributed by atoms with Gasteiger partial charge < -0.3 is 20.7 Å². The Morgan fingerprint density at radius 2 is 2.14 bits per heavy atom. The van der Waals surface area contributed by atoms with Crippen LogP contribution < -0.4 is 16.0 Å². The van der Waals surface area contributed by atoms with Crippen molar-refractivity contribution >= 4 is 17.8 Å². The van der Waals surface area contributed by atoms with Crippen LogP contribution in [0.3, 0.4) is 0 Å². The van der Waals surface area contributed by atoms with E-state index in [1.807, 2.05) is 0 Å². The minimum absolute atomic E-state index is 0.0898. The third-order valence-electron chi connectivity index (χ3n) is 6.29. The number of alkyl halides is 2. The zero-order valence-corrected chi connectivity index (χ0v) is 15.5. The van der Waals surface area contributed by atoms with Crippen molar-refractivity contribution in [1.82, 2.24) is 16.0 Å². The molecule has 5 fully saturated rings. The number of carbonyl (C=O) groups is 3. The molecule has 0 unspecified atom stereocenters. The van der Waals surface area contributed by atoms with E-state index in [9.17, 15) is 23.2 Å². The molecular formula is C19H25F2N3O4. The highest BCUT2D eigenvalue weighted by molar-refractivity contribution is 5.90. The molecule has 9 heteroatoms. The number of amides is 2. The largest absolute Gasteiger partial charge is 0.462 e. The highest BCUT2D eigenvalue weighted by atomic mass is 19.3. The molecule has 4 heterocycles. The van der Waals surface area contributed by atoms with Crippen molar-refractivity contribution < 1.29 is 27.9 Å². The second-order valence-corrected chi connectivity index (χ2v) is 8.20. The fourth-order valence-corrected chi connectivity index (χ4v) is 4.82. The predicted molar refractivity (Wildman–Crippen MR) is 94.3 cm³/mol. The normalized spacial score (nSPS) is 36.3. The number of halogens is 2. The standard InChI is InChI=1S/C19H25F2N3O4/c20-19(21)9-12-1-2-14(19)15(23-12)17(26)24-13(7-10-3-5-22-16(10)25)8-11-4-6-28-18(11)27/h8,10,12-15,23H,1-7,9H2,(H,22,25)(H,24,26)/b11-8-/t10-,12-,13-,14-,15-/m0/s1. The molecule has 1 saturated carbocycles. The summed E-state index contributed by atoms with van der Waals surface area (Å²) in [5.41, 5.74) is 0.451. The predicted octanol–water partition coefficient (Wildman–Crippen LogP) is 0.647. The van der Waals surface area contributed by atoms with E-state index in [1.54, 1.807) is 6.08 Å². The molecule has 0 radical (unpaired) electrons. The van der Waals surface area contributed by atoms with E-state index >= 15 is 0 Å². The third kappa shape index (κ3) is 3.76. The van der Waals surface area contributed by atoms with Gasteiger partial charge in [-0.1, -0.05) is 6.08 Å². The highest BCUT2D eigenvalue weighted by Crippen LogP contribution is 2.44. The molecule has 4 saturated heterocycles. The summed E-state index contributed by atoms with van der Waals surface area (Å²) in [7, 11) is 0. The Morgan fingerprint density at radius 1 is 1.32 bits per heavy atom. The molecule has 5 rings (SSSR count). The first-order valence-corrected chi connectivity index (χ1v) is 9.93. The van der Waals surface area contributed by atoms with Crippen LogP contribution in [0.5, 0.6) is 0 Å². The summed E-state index contributed by atoms with van der Waals surface area (Å²) in [6.07, 6.45) is 3.75. The number of hydrogen-bond donors (Lipinski definition) is 3. The highest BCUT2D eigenvalue weighted by Gasteiger charge is 2.55. The number of cyclic esters (lactones) is 1. The van der Waals surface area contributed by atoms with Gasteiger partial charge in [0.25, 0.3) is 5.92 Å². The summed E-state index contributed by atoms with van der Waals surface area (Å²) < 4.78 is 33.5. The Labute approximate surface area is 161 Å². The molecule has 0 aromatic heterocycles. The van der Waals surface area contributed by atoms with Crippen LogP contribution in [-0.2, 0) is 19.1 Å². The van der Waals surface area contributed by atoms with Gasteiger partial charge in [0.1, 0.15) is 0 Å². The number of esters is 1. The number of nitrogens with one attached hydrogen (secondary N) is 3. The maximum atomic E-state index is 14.3. The van der Waals surface area contributed by atoms with Gasteiger partial charge in [-0.25, -0.2) is 13.6 Å². The van der Waals surface area contributed by atoms with E-state index in [2.05, 4.69) is 16.0 Å². The summed E-state index contributed by atoms with van der Waals surface area (Å²) in [5, 5.41) is 8.59. The minimum Gasteiger partial charge on any atom is -0.462 e. The number of fused-ring (bicyclic) bond motifs is 3. The van der Waals surface area contributed by atoms with Crippen LogP contribution in [0.1, 0.15) is 38.5 Å². The molecule has 5 atom stereocenters. The second kappa shape index (κ2) is 7.42. The van der Waals surface area contributed by atoms with E-state index in [0.717, 1.165) is 0 Å². The maximum Gasteiger partial charge on any atom is 0.333 e. The van der Waals surface area contributed by atoms with Gasteiger partial charge in [-0.15, -0.1) is 0 Å². The molecule has 0 aromatic carbocycles. The summed E-state index contributed by atoms with van der Waals surface area (Å²) in [5.74, 6) is -5.19. The van der Waals surface area contributed by atoms with Crippen molar-refractivity contribution in [3.63, 3.8) is 0 Å². The molecular weight excluding hydrogens is 372 g/mol. The molecule has 28 heavy (non-hydrogen) atoms. The van der Waals surface area contributed by atoms with Crippen LogP contribution in [0, 0.1) is 11.8 Å². The smallest absolute Gasteiger partial charge is 0.333 e. The van der Waals surface area contributed by atoms with Crippen LogP contribution in [0.2, 0.25) is 0 Å². The lowest BCUT2D eigenvalue weighted by Crippen LogP contribution is -2.66. The number of rotatable bonds is 5. The summed E-state index contributed by atoms with van der Waals surface area (Å²) in [6, 6.07) is -1.91. The average molecular weight is 397 g/mol. The molecule has 0 aromatic rings. The van der Waals surface area contributed by atoms with E-state index < -0.39 is 35.8 Å². The van der Waals surface area contributed by atoms with Gasteiger partial charge in [-0.2, -0.15) is 0 Å². The average Bonchev–Trinajstić information content (AvgIpc) is 3.22. The van der Waals surface area contributed by atoms with Crippen molar-refractivity contribution in [2.24, 2.45) is 11.8 Å². The van der Waals surface area contributed by atoms with Crippen LogP contribution in [-0.4, -0.2) is 55.0 Å². The lowest BCUT2D eigenvalue weighted by atomic mass is 9.73. The topological polar surface area (TPSA) is 96.5 Å². The van der Waals surface area contributed by atoms with Crippen molar-refractivity contribution in [3.05, 3.63) is 11.6 Å². The van der Waals surface area contributed by atoms with Gasteiger partial charge in [0.05, 0.1) is 12.6 Å². The van der Waals surface area contributed by atoms with Gasteiger partial charge >= 0.3 is 5.97 Å². The number of piperidine rings is 2. The monoisotopic (exact) mass is 397 g/mol. The van der Waals surface area contributed by atoms with Crippen molar-refractivity contribution in [3.8, 4) is 0 Å². The molecule has 1 aliphatic carbocycles. The molecule has 0 spiro atoms. The molecule has 2 bridgehead atoms. The Kier molecular flexibility index (Phi) is 5.11. The second-order valence-electron chi connectivity index (χ2n) is 8.20. The van der Waals surface area contributed by atoms with E-state index in [4.69, 9.17) is 4.74 Å². The van der Waals surface area contributed by atoms with Gasteiger partial charge in [-0.05, 0) is 25.7 Å². The summed E-state index contributed by atoms with van der Waals surface area (Å²) in [6.45, 7) is 0.859.